The number of carbonyl (C=O) groups is 1. The summed E-state index contributed by atoms with van der Waals surface area (Å²) in [5, 5.41) is 3.50. The summed E-state index contributed by atoms with van der Waals surface area (Å²) in [6, 6.07) is 13.6. The third-order valence-corrected chi connectivity index (χ3v) is 4.64. The Balaban J connectivity index is 1.98. The molecule has 0 heterocycles. The van der Waals surface area contributed by atoms with Crippen molar-refractivity contribution in [1.29, 1.82) is 0 Å². The number of benzene rings is 2. The number of nitrogens with one attached hydrogen (secondary N) is 1. The normalized spacial score (nSPS) is 10.3. The van der Waals surface area contributed by atoms with Gasteiger partial charge in [-0.2, -0.15) is 0 Å². The van der Waals surface area contributed by atoms with E-state index in [0.717, 1.165) is 15.6 Å². The van der Waals surface area contributed by atoms with Gasteiger partial charge in [-0.3, -0.25) is 4.79 Å². The van der Waals surface area contributed by atoms with Crippen LogP contribution in [0.3, 0.4) is 0 Å². The van der Waals surface area contributed by atoms with Crippen LogP contribution in [0.2, 0.25) is 5.02 Å². The van der Waals surface area contributed by atoms with Gasteiger partial charge in [-0.15, -0.1) is 0 Å². The number of hydrogen-bond acceptors (Lipinski definition) is 1. The van der Waals surface area contributed by atoms with Crippen molar-refractivity contribution in [2.24, 2.45) is 0 Å². The minimum absolute atomic E-state index is 0.108. The Morgan fingerprint density at radius 1 is 1.15 bits per heavy atom. The second-order valence-electron chi connectivity index (χ2n) is 4.48. The van der Waals surface area contributed by atoms with Crippen LogP contribution in [0.25, 0.3) is 0 Å². The maximum atomic E-state index is 12.0. The second-order valence-corrected chi connectivity index (χ2v) is 6.05. The third-order valence-electron chi connectivity index (χ3n) is 3.07. The van der Waals surface area contributed by atoms with Crippen LogP contribution in [0.1, 0.15) is 28.4 Å². The second kappa shape index (κ2) is 7.09. The van der Waals surface area contributed by atoms with Gasteiger partial charge in [0.25, 0.3) is 5.91 Å². The molecule has 0 aromatic heterocycles. The maximum absolute atomic E-state index is 12.0. The molecule has 0 aliphatic carbocycles. The van der Waals surface area contributed by atoms with Crippen LogP contribution in [0.15, 0.2) is 42.5 Å². The van der Waals surface area contributed by atoms with Crippen LogP contribution in [0.5, 0.6) is 0 Å². The first kappa shape index (κ1) is 15.3. The number of amides is 1. The standard InChI is InChI=1S/C16H15ClINO/c1-2-11-3-5-12(6-4-11)10-19-16(20)13-7-8-15(18)14(17)9-13/h3-9H,2,10H2,1H3,(H,19,20). The van der Waals surface area contributed by atoms with Gasteiger partial charge in [0.2, 0.25) is 0 Å². The zero-order chi connectivity index (χ0) is 14.5. The first-order chi connectivity index (χ1) is 9.60. The Labute approximate surface area is 137 Å². The molecule has 0 saturated carbocycles. The van der Waals surface area contributed by atoms with Crippen LogP contribution < -0.4 is 5.32 Å². The fourth-order valence-corrected chi connectivity index (χ4v) is 2.33. The van der Waals surface area contributed by atoms with Gasteiger partial charge >= 0.3 is 0 Å². The molecule has 2 aromatic rings. The average Bonchev–Trinajstić information content (AvgIpc) is 2.48. The lowest BCUT2D eigenvalue weighted by atomic mass is 10.1. The number of carbonyl (C=O) groups excluding carboxylic acids is 1. The van der Waals surface area contributed by atoms with Crippen molar-refractivity contribution >= 4 is 40.1 Å². The van der Waals surface area contributed by atoms with E-state index in [1.807, 2.05) is 18.2 Å². The lowest BCUT2D eigenvalue weighted by molar-refractivity contribution is 0.0951. The fraction of sp³-hybridized carbons (Fsp3) is 0.188. The Kier molecular flexibility index (Phi) is 5.43. The summed E-state index contributed by atoms with van der Waals surface area (Å²) in [5.74, 6) is -0.108. The first-order valence-electron chi connectivity index (χ1n) is 6.41. The first-order valence-corrected chi connectivity index (χ1v) is 7.87. The molecule has 0 aliphatic heterocycles. The van der Waals surface area contributed by atoms with Crippen molar-refractivity contribution in [1.82, 2.24) is 5.32 Å². The van der Waals surface area contributed by atoms with Gasteiger partial charge in [0, 0.05) is 15.7 Å². The number of hydrogen-bond donors (Lipinski definition) is 1. The molecule has 0 atom stereocenters. The number of aryl methyl sites for hydroxylation is 1. The van der Waals surface area contributed by atoms with Gasteiger partial charge in [-0.25, -0.2) is 0 Å². The lowest BCUT2D eigenvalue weighted by Crippen LogP contribution is -2.22. The SMILES string of the molecule is CCc1ccc(CNC(=O)c2ccc(I)c(Cl)c2)cc1. The van der Waals surface area contributed by atoms with Crippen molar-refractivity contribution in [3.05, 3.63) is 67.7 Å². The maximum Gasteiger partial charge on any atom is 0.251 e. The topological polar surface area (TPSA) is 29.1 Å². The van der Waals surface area contributed by atoms with Crippen molar-refractivity contribution in [3.63, 3.8) is 0 Å². The zero-order valence-electron chi connectivity index (χ0n) is 11.1. The number of halogens is 2. The van der Waals surface area contributed by atoms with E-state index in [2.05, 4.69) is 47.0 Å². The summed E-state index contributed by atoms with van der Waals surface area (Å²) in [5.41, 5.74) is 2.97. The van der Waals surface area contributed by atoms with Crippen molar-refractivity contribution < 1.29 is 4.79 Å². The van der Waals surface area contributed by atoms with E-state index >= 15 is 0 Å². The number of rotatable bonds is 4. The Bertz CT molecular complexity index is 610. The highest BCUT2D eigenvalue weighted by atomic mass is 127. The van der Waals surface area contributed by atoms with Crippen molar-refractivity contribution in [2.45, 2.75) is 19.9 Å². The molecule has 0 spiro atoms. The molecule has 0 saturated heterocycles. The molecule has 2 aromatic carbocycles. The summed E-state index contributed by atoms with van der Waals surface area (Å²) >= 11 is 8.16. The Morgan fingerprint density at radius 2 is 1.80 bits per heavy atom. The molecule has 0 radical (unpaired) electrons. The molecule has 2 nitrogen and oxygen atoms in total. The predicted octanol–water partition coefficient (Wildman–Crippen LogP) is 4.44. The minimum atomic E-state index is -0.108. The third kappa shape index (κ3) is 3.96. The summed E-state index contributed by atoms with van der Waals surface area (Å²) in [6.07, 6.45) is 1.02. The largest absolute Gasteiger partial charge is 0.348 e. The van der Waals surface area contributed by atoms with E-state index < -0.39 is 0 Å². The van der Waals surface area contributed by atoms with E-state index in [-0.39, 0.29) is 5.91 Å². The van der Waals surface area contributed by atoms with E-state index in [0.29, 0.717) is 17.1 Å². The van der Waals surface area contributed by atoms with Gasteiger partial charge in [0.1, 0.15) is 0 Å². The van der Waals surface area contributed by atoms with Crippen LogP contribution >= 0.6 is 34.2 Å². The molecule has 1 N–H and O–H groups in total. The molecule has 0 unspecified atom stereocenters. The summed E-state index contributed by atoms with van der Waals surface area (Å²) in [6.45, 7) is 2.64. The van der Waals surface area contributed by atoms with E-state index in [4.69, 9.17) is 11.6 Å². The Morgan fingerprint density at radius 3 is 2.40 bits per heavy atom. The van der Waals surface area contributed by atoms with E-state index in [1.54, 1.807) is 12.1 Å². The van der Waals surface area contributed by atoms with E-state index in [1.165, 1.54) is 5.56 Å². The molecular formula is C16H15ClINO. The Hall–Kier alpha value is -1.07. The molecule has 1 amide bonds. The molecular weight excluding hydrogens is 385 g/mol. The van der Waals surface area contributed by atoms with Gasteiger partial charge in [-0.1, -0.05) is 42.8 Å². The summed E-state index contributed by atoms with van der Waals surface area (Å²) < 4.78 is 0.941. The molecule has 104 valence electrons. The zero-order valence-corrected chi connectivity index (χ0v) is 14.0. The van der Waals surface area contributed by atoms with Gasteiger partial charge in [0.05, 0.1) is 5.02 Å². The molecule has 20 heavy (non-hydrogen) atoms. The van der Waals surface area contributed by atoms with Crippen LogP contribution in [-0.2, 0) is 13.0 Å². The smallest absolute Gasteiger partial charge is 0.251 e. The summed E-state index contributed by atoms with van der Waals surface area (Å²) in [7, 11) is 0. The molecule has 0 fully saturated rings. The average molecular weight is 400 g/mol. The summed E-state index contributed by atoms with van der Waals surface area (Å²) in [4.78, 5) is 12.0. The van der Waals surface area contributed by atoms with Crippen molar-refractivity contribution in [3.8, 4) is 0 Å². The molecule has 4 heteroatoms. The van der Waals surface area contributed by atoms with Gasteiger partial charge < -0.3 is 5.32 Å². The quantitative estimate of drug-likeness (QED) is 0.757. The van der Waals surface area contributed by atoms with Crippen molar-refractivity contribution in [2.75, 3.05) is 0 Å². The highest BCUT2D eigenvalue weighted by Crippen LogP contribution is 2.19. The lowest BCUT2D eigenvalue weighted by Gasteiger charge is -2.07. The molecule has 0 aliphatic rings. The highest BCUT2D eigenvalue weighted by Gasteiger charge is 2.07. The van der Waals surface area contributed by atoms with E-state index in [9.17, 15) is 4.79 Å². The molecule has 2 rings (SSSR count). The highest BCUT2D eigenvalue weighted by molar-refractivity contribution is 14.1. The molecule has 0 bridgehead atoms. The predicted molar refractivity (Wildman–Crippen MR) is 91.2 cm³/mol. The van der Waals surface area contributed by atoms with Crippen LogP contribution in [-0.4, -0.2) is 5.91 Å². The fourth-order valence-electron chi connectivity index (χ4n) is 1.81. The van der Waals surface area contributed by atoms with Crippen LogP contribution in [0, 0.1) is 3.57 Å². The minimum Gasteiger partial charge on any atom is -0.348 e. The van der Waals surface area contributed by atoms with Crippen LogP contribution in [0.4, 0.5) is 0 Å². The van der Waals surface area contributed by atoms with Gasteiger partial charge in [0.15, 0.2) is 0 Å². The monoisotopic (exact) mass is 399 g/mol. The van der Waals surface area contributed by atoms with Gasteiger partial charge in [-0.05, 0) is 58.3 Å².